The lowest BCUT2D eigenvalue weighted by Crippen LogP contribution is -2.18. The lowest BCUT2D eigenvalue weighted by Gasteiger charge is -2.08. The fourth-order valence-corrected chi connectivity index (χ4v) is 2.73. The van der Waals surface area contributed by atoms with Crippen molar-refractivity contribution in [1.82, 2.24) is 5.43 Å². The average Bonchev–Trinajstić information content (AvgIpc) is 2.52. The Morgan fingerprint density at radius 2 is 2.04 bits per heavy atom. The Morgan fingerprint density at radius 1 is 1.30 bits per heavy atom. The molecular weight excluding hydrogens is 428 g/mol. The van der Waals surface area contributed by atoms with Crippen molar-refractivity contribution in [3.05, 3.63) is 56.5 Å². The monoisotopic (exact) mass is 440 g/mol. The van der Waals surface area contributed by atoms with Gasteiger partial charge in [0.05, 0.1) is 22.9 Å². The van der Waals surface area contributed by atoms with Crippen LogP contribution >= 0.6 is 31.9 Å². The van der Waals surface area contributed by atoms with Gasteiger partial charge in [-0.1, -0.05) is 12.1 Å². The normalized spacial score (nSPS) is 10.7. The molecule has 23 heavy (non-hydrogen) atoms. The number of phenols is 1. The van der Waals surface area contributed by atoms with Crippen LogP contribution in [0.25, 0.3) is 0 Å². The zero-order valence-electron chi connectivity index (χ0n) is 12.2. The third-order valence-corrected chi connectivity index (χ3v) is 4.14. The summed E-state index contributed by atoms with van der Waals surface area (Å²) in [7, 11) is 0. The standard InChI is InChI=1S/C16H14Br2N2O3/c1-2-23-14-8-10(7-13(18)15(14)21)9-19-20-16(22)11-5-3-4-6-12(11)17/h3-9,21H,2H2,1H3,(H,20,22). The number of hydrogen-bond acceptors (Lipinski definition) is 4. The van der Waals surface area contributed by atoms with Crippen LogP contribution < -0.4 is 10.2 Å². The molecule has 2 aromatic carbocycles. The first-order valence-corrected chi connectivity index (χ1v) is 8.34. The highest BCUT2D eigenvalue weighted by Gasteiger charge is 2.09. The third-order valence-electron chi connectivity index (χ3n) is 2.85. The fraction of sp³-hybridized carbons (Fsp3) is 0.125. The first-order chi connectivity index (χ1) is 11.0. The molecule has 2 N–H and O–H groups in total. The van der Waals surface area contributed by atoms with Gasteiger partial charge >= 0.3 is 0 Å². The van der Waals surface area contributed by atoms with Crippen LogP contribution in [0.15, 0.2) is 50.4 Å². The Labute approximate surface area is 150 Å². The third kappa shape index (κ3) is 4.56. The van der Waals surface area contributed by atoms with Gasteiger partial charge in [0, 0.05) is 4.47 Å². The van der Waals surface area contributed by atoms with E-state index in [0.717, 1.165) is 0 Å². The highest BCUT2D eigenvalue weighted by molar-refractivity contribution is 9.10. The van der Waals surface area contributed by atoms with Crippen molar-refractivity contribution in [2.75, 3.05) is 6.61 Å². The van der Waals surface area contributed by atoms with Crippen molar-refractivity contribution in [3.63, 3.8) is 0 Å². The molecule has 0 aliphatic heterocycles. The van der Waals surface area contributed by atoms with E-state index in [-0.39, 0.29) is 11.7 Å². The average molecular weight is 442 g/mol. The minimum Gasteiger partial charge on any atom is -0.503 e. The Balaban J connectivity index is 2.12. The molecule has 0 spiro atoms. The van der Waals surface area contributed by atoms with Gasteiger partial charge in [-0.05, 0) is 68.6 Å². The molecule has 0 aromatic heterocycles. The van der Waals surface area contributed by atoms with E-state index < -0.39 is 0 Å². The molecule has 7 heteroatoms. The summed E-state index contributed by atoms with van der Waals surface area (Å²) in [4.78, 5) is 12.0. The second kappa shape index (κ2) is 8.12. The van der Waals surface area contributed by atoms with Gasteiger partial charge in [0.2, 0.25) is 0 Å². The summed E-state index contributed by atoms with van der Waals surface area (Å²) in [5.74, 6) is 0.0540. The topological polar surface area (TPSA) is 70.9 Å². The first-order valence-electron chi connectivity index (χ1n) is 6.76. The number of nitrogens with one attached hydrogen (secondary N) is 1. The van der Waals surface area contributed by atoms with Crippen molar-refractivity contribution in [1.29, 1.82) is 0 Å². The van der Waals surface area contributed by atoms with Gasteiger partial charge in [0.15, 0.2) is 11.5 Å². The number of ether oxygens (including phenoxy) is 1. The number of halogens is 2. The number of amides is 1. The second-order valence-electron chi connectivity index (χ2n) is 4.46. The number of nitrogens with zero attached hydrogens (tertiary/aromatic N) is 1. The predicted octanol–water partition coefficient (Wildman–Crippen LogP) is 4.08. The van der Waals surface area contributed by atoms with Gasteiger partial charge in [-0.15, -0.1) is 0 Å². The van der Waals surface area contributed by atoms with E-state index in [1.165, 1.54) is 6.21 Å². The maximum absolute atomic E-state index is 12.0. The van der Waals surface area contributed by atoms with Crippen LogP contribution in [0.4, 0.5) is 0 Å². The number of carbonyl (C=O) groups is 1. The molecule has 2 rings (SSSR count). The Bertz CT molecular complexity index is 748. The highest BCUT2D eigenvalue weighted by atomic mass is 79.9. The molecule has 5 nitrogen and oxygen atoms in total. The van der Waals surface area contributed by atoms with Crippen LogP contribution in [0.3, 0.4) is 0 Å². The SMILES string of the molecule is CCOc1cc(C=NNC(=O)c2ccccc2Br)cc(Br)c1O. The van der Waals surface area contributed by atoms with Crippen molar-refractivity contribution >= 4 is 44.0 Å². The molecule has 1 amide bonds. The van der Waals surface area contributed by atoms with Crippen molar-refractivity contribution < 1.29 is 14.6 Å². The quantitative estimate of drug-likeness (QED) is 0.542. The van der Waals surface area contributed by atoms with Gasteiger partial charge in [-0.25, -0.2) is 5.43 Å². The van der Waals surface area contributed by atoms with E-state index in [1.54, 1.807) is 30.3 Å². The molecule has 0 saturated carbocycles. The number of hydrazone groups is 1. The van der Waals surface area contributed by atoms with E-state index in [1.807, 2.05) is 13.0 Å². The lowest BCUT2D eigenvalue weighted by atomic mass is 10.2. The van der Waals surface area contributed by atoms with Crippen LogP contribution in [0.5, 0.6) is 11.5 Å². The summed E-state index contributed by atoms with van der Waals surface area (Å²) in [5, 5.41) is 13.8. The summed E-state index contributed by atoms with van der Waals surface area (Å²) in [6.07, 6.45) is 1.47. The molecule has 0 saturated heterocycles. The van der Waals surface area contributed by atoms with Crippen LogP contribution in [0, 0.1) is 0 Å². The molecule has 0 aliphatic rings. The minimum atomic E-state index is -0.323. The smallest absolute Gasteiger partial charge is 0.272 e. The van der Waals surface area contributed by atoms with E-state index in [2.05, 4.69) is 42.4 Å². The van der Waals surface area contributed by atoms with Crippen molar-refractivity contribution in [2.24, 2.45) is 5.10 Å². The van der Waals surface area contributed by atoms with Gasteiger partial charge in [0.25, 0.3) is 5.91 Å². The summed E-state index contributed by atoms with van der Waals surface area (Å²) in [6.45, 7) is 2.26. The predicted molar refractivity (Wildman–Crippen MR) is 96.2 cm³/mol. The van der Waals surface area contributed by atoms with Crippen molar-refractivity contribution in [3.8, 4) is 11.5 Å². The van der Waals surface area contributed by atoms with Crippen molar-refractivity contribution in [2.45, 2.75) is 6.92 Å². The van der Waals surface area contributed by atoms with E-state index in [9.17, 15) is 9.90 Å². The number of hydrogen-bond donors (Lipinski definition) is 2. The number of carbonyl (C=O) groups excluding carboxylic acids is 1. The number of rotatable bonds is 5. The molecule has 0 unspecified atom stereocenters. The lowest BCUT2D eigenvalue weighted by molar-refractivity contribution is 0.0954. The second-order valence-corrected chi connectivity index (χ2v) is 6.17. The number of phenolic OH excluding ortho intramolecular Hbond substituents is 1. The Kier molecular flexibility index (Phi) is 6.18. The molecule has 0 bridgehead atoms. The molecule has 2 aromatic rings. The molecule has 0 radical (unpaired) electrons. The summed E-state index contributed by atoms with van der Waals surface area (Å²) < 4.78 is 6.52. The fourth-order valence-electron chi connectivity index (χ4n) is 1.80. The maximum atomic E-state index is 12.0. The molecular formula is C16H14Br2N2O3. The highest BCUT2D eigenvalue weighted by Crippen LogP contribution is 2.35. The molecule has 0 heterocycles. The summed E-state index contributed by atoms with van der Waals surface area (Å²) in [6, 6.07) is 10.4. The molecule has 0 atom stereocenters. The maximum Gasteiger partial charge on any atom is 0.272 e. The Hall–Kier alpha value is -1.86. The van der Waals surface area contributed by atoms with E-state index in [0.29, 0.717) is 32.4 Å². The Morgan fingerprint density at radius 3 is 2.74 bits per heavy atom. The van der Waals surface area contributed by atoms with Gasteiger partial charge in [-0.2, -0.15) is 5.10 Å². The molecule has 0 aliphatic carbocycles. The van der Waals surface area contributed by atoms with Gasteiger partial charge in [-0.3, -0.25) is 4.79 Å². The van der Waals surface area contributed by atoms with Crippen LogP contribution in [-0.2, 0) is 0 Å². The first kappa shape index (κ1) is 17.5. The number of benzene rings is 2. The minimum absolute atomic E-state index is 0.0289. The zero-order chi connectivity index (χ0) is 16.8. The zero-order valence-corrected chi connectivity index (χ0v) is 15.4. The van der Waals surface area contributed by atoms with Crippen LogP contribution in [-0.4, -0.2) is 23.8 Å². The number of aromatic hydroxyl groups is 1. The van der Waals surface area contributed by atoms with Crippen LogP contribution in [0.2, 0.25) is 0 Å². The van der Waals surface area contributed by atoms with E-state index >= 15 is 0 Å². The molecule has 120 valence electrons. The largest absolute Gasteiger partial charge is 0.503 e. The van der Waals surface area contributed by atoms with Gasteiger partial charge in [0.1, 0.15) is 0 Å². The van der Waals surface area contributed by atoms with Gasteiger partial charge < -0.3 is 9.84 Å². The van der Waals surface area contributed by atoms with Crippen LogP contribution in [0.1, 0.15) is 22.8 Å². The summed E-state index contributed by atoms with van der Waals surface area (Å²) >= 11 is 6.56. The summed E-state index contributed by atoms with van der Waals surface area (Å²) in [5.41, 5.74) is 3.62. The molecule has 0 fully saturated rings. The van der Waals surface area contributed by atoms with E-state index in [4.69, 9.17) is 4.74 Å².